The highest BCUT2D eigenvalue weighted by Gasteiger charge is 2.29. The number of carbonyl (C=O) groups excluding carboxylic acids is 2. The number of halogens is 1. The van der Waals surface area contributed by atoms with E-state index in [0.29, 0.717) is 0 Å². The van der Waals surface area contributed by atoms with Crippen molar-refractivity contribution in [3.8, 4) is 11.1 Å². The number of para-hydroxylation sites is 1. The van der Waals surface area contributed by atoms with E-state index in [-0.39, 0.29) is 23.8 Å². The summed E-state index contributed by atoms with van der Waals surface area (Å²) in [5.74, 6) is -2.97. The molecule has 7 nitrogen and oxygen atoms in total. The normalized spacial score (nSPS) is 11.9. The van der Waals surface area contributed by atoms with Crippen molar-refractivity contribution in [2.75, 3.05) is 25.5 Å². The molecular weight excluding hydrogens is 427 g/mol. The predicted molar refractivity (Wildman–Crippen MR) is 120 cm³/mol. The highest BCUT2D eigenvalue weighted by Crippen LogP contribution is 2.44. The van der Waals surface area contributed by atoms with Crippen LogP contribution in [0.3, 0.4) is 0 Å². The Kier molecular flexibility index (Phi) is 6.08. The van der Waals surface area contributed by atoms with Crippen LogP contribution in [0.4, 0.5) is 14.9 Å². The van der Waals surface area contributed by atoms with E-state index in [9.17, 15) is 18.8 Å². The molecule has 0 aliphatic heterocycles. The van der Waals surface area contributed by atoms with Crippen LogP contribution >= 0.6 is 0 Å². The van der Waals surface area contributed by atoms with Crippen molar-refractivity contribution in [1.82, 2.24) is 4.90 Å². The van der Waals surface area contributed by atoms with Gasteiger partial charge in [-0.3, -0.25) is 14.9 Å². The molecule has 33 heavy (non-hydrogen) atoms. The number of amides is 2. The zero-order valence-electron chi connectivity index (χ0n) is 17.7. The van der Waals surface area contributed by atoms with E-state index in [2.05, 4.69) is 5.32 Å². The van der Waals surface area contributed by atoms with Gasteiger partial charge in [0.15, 0.2) is 0 Å². The number of carboxylic acids is 1. The van der Waals surface area contributed by atoms with Crippen molar-refractivity contribution < 1.29 is 28.6 Å². The minimum atomic E-state index is -1.21. The van der Waals surface area contributed by atoms with E-state index < -0.39 is 30.3 Å². The summed E-state index contributed by atoms with van der Waals surface area (Å²) in [5, 5.41) is 11.2. The van der Waals surface area contributed by atoms with E-state index in [0.717, 1.165) is 33.2 Å². The van der Waals surface area contributed by atoms with Gasteiger partial charge in [0.25, 0.3) is 5.91 Å². The molecule has 1 aliphatic rings. The summed E-state index contributed by atoms with van der Waals surface area (Å²) >= 11 is 0. The fraction of sp³-hybridized carbons (Fsp3) is 0.160. The first kappa shape index (κ1) is 22.0. The van der Waals surface area contributed by atoms with E-state index in [1.54, 1.807) is 0 Å². The molecule has 0 saturated carbocycles. The Morgan fingerprint density at radius 2 is 1.58 bits per heavy atom. The molecule has 0 heterocycles. The van der Waals surface area contributed by atoms with E-state index in [4.69, 9.17) is 9.84 Å². The van der Waals surface area contributed by atoms with Crippen LogP contribution in [-0.4, -0.2) is 48.2 Å². The molecular formula is C25H21FN2O5. The van der Waals surface area contributed by atoms with Crippen molar-refractivity contribution in [2.24, 2.45) is 0 Å². The standard InChI is InChI=1S/C25H21FN2O5/c1-28(13-22(29)30)24(31)19-11-6-12-21(26)23(19)27-25(32)33-14-20-17-9-4-2-7-15(17)16-8-3-5-10-18(16)20/h2-12,20H,13-14H2,1H3,(H,27,32)(H,29,30). The molecule has 0 unspecified atom stereocenters. The maximum absolute atomic E-state index is 14.5. The zero-order chi connectivity index (χ0) is 23.5. The molecule has 8 heteroatoms. The fourth-order valence-corrected chi connectivity index (χ4v) is 4.05. The average Bonchev–Trinajstić information content (AvgIpc) is 3.12. The van der Waals surface area contributed by atoms with Gasteiger partial charge in [0.05, 0.1) is 11.3 Å². The lowest BCUT2D eigenvalue weighted by atomic mass is 9.98. The molecule has 3 aromatic rings. The van der Waals surface area contributed by atoms with Crippen LogP contribution in [0.15, 0.2) is 66.7 Å². The maximum Gasteiger partial charge on any atom is 0.411 e. The molecule has 0 spiro atoms. The topological polar surface area (TPSA) is 95.9 Å². The second-order valence-corrected chi connectivity index (χ2v) is 7.67. The zero-order valence-corrected chi connectivity index (χ0v) is 17.7. The van der Waals surface area contributed by atoms with Gasteiger partial charge in [-0.2, -0.15) is 0 Å². The molecule has 3 aromatic carbocycles. The van der Waals surface area contributed by atoms with Gasteiger partial charge in [0, 0.05) is 13.0 Å². The number of nitrogens with zero attached hydrogens (tertiary/aromatic N) is 1. The molecule has 0 fully saturated rings. The Bertz CT molecular complexity index is 1200. The SMILES string of the molecule is CN(CC(=O)O)C(=O)c1cccc(F)c1NC(=O)OCC1c2ccccc2-c2ccccc21. The third-order valence-corrected chi connectivity index (χ3v) is 5.53. The van der Waals surface area contributed by atoms with Crippen molar-refractivity contribution in [3.63, 3.8) is 0 Å². The Labute approximate surface area is 189 Å². The Morgan fingerprint density at radius 3 is 2.18 bits per heavy atom. The highest BCUT2D eigenvalue weighted by atomic mass is 19.1. The summed E-state index contributed by atoms with van der Waals surface area (Å²) in [6, 6.07) is 19.4. The number of carbonyl (C=O) groups is 3. The van der Waals surface area contributed by atoms with Crippen LogP contribution < -0.4 is 5.32 Å². The van der Waals surface area contributed by atoms with Crippen molar-refractivity contribution in [1.29, 1.82) is 0 Å². The average molecular weight is 448 g/mol. The number of nitrogens with one attached hydrogen (secondary N) is 1. The number of anilines is 1. The largest absolute Gasteiger partial charge is 0.480 e. The lowest BCUT2D eigenvalue weighted by molar-refractivity contribution is -0.137. The van der Waals surface area contributed by atoms with Gasteiger partial charge in [0.1, 0.15) is 19.0 Å². The number of aliphatic carboxylic acids is 1. The van der Waals surface area contributed by atoms with Crippen LogP contribution in [-0.2, 0) is 9.53 Å². The maximum atomic E-state index is 14.5. The second-order valence-electron chi connectivity index (χ2n) is 7.67. The molecule has 2 amide bonds. The number of rotatable bonds is 6. The van der Waals surface area contributed by atoms with E-state index in [1.807, 2.05) is 48.5 Å². The Hall–Kier alpha value is -4.20. The van der Waals surface area contributed by atoms with Gasteiger partial charge in [0.2, 0.25) is 0 Å². The van der Waals surface area contributed by atoms with Gasteiger partial charge >= 0.3 is 12.1 Å². The minimum absolute atomic E-state index is 0.0243. The summed E-state index contributed by atoms with van der Waals surface area (Å²) in [6.07, 6.45) is -0.920. The van der Waals surface area contributed by atoms with Crippen molar-refractivity contribution in [2.45, 2.75) is 5.92 Å². The second kappa shape index (κ2) is 9.12. The van der Waals surface area contributed by atoms with Gasteiger partial charge in [-0.05, 0) is 34.4 Å². The molecule has 0 radical (unpaired) electrons. The predicted octanol–water partition coefficient (Wildman–Crippen LogP) is 4.34. The Balaban J connectivity index is 1.51. The van der Waals surface area contributed by atoms with Crippen molar-refractivity contribution in [3.05, 3.63) is 89.2 Å². The molecule has 4 rings (SSSR count). The molecule has 0 aromatic heterocycles. The monoisotopic (exact) mass is 448 g/mol. The first-order valence-corrected chi connectivity index (χ1v) is 10.2. The molecule has 0 bridgehead atoms. The van der Waals surface area contributed by atoms with Crippen LogP contribution in [0.25, 0.3) is 11.1 Å². The summed E-state index contributed by atoms with van der Waals surface area (Å²) in [4.78, 5) is 36.9. The van der Waals surface area contributed by atoms with Gasteiger partial charge < -0.3 is 14.7 Å². The number of hydrogen-bond acceptors (Lipinski definition) is 4. The minimum Gasteiger partial charge on any atom is -0.480 e. The van der Waals surface area contributed by atoms with Gasteiger partial charge in [-0.15, -0.1) is 0 Å². The highest BCUT2D eigenvalue weighted by molar-refractivity contribution is 6.03. The van der Waals surface area contributed by atoms with Crippen molar-refractivity contribution >= 4 is 23.7 Å². The number of carboxylic acid groups (broad SMARTS) is 1. The number of ether oxygens (including phenoxy) is 1. The molecule has 2 N–H and O–H groups in total. The van der Waals surface area contributed by atoms with E-state index in [1.165, 1.54) is 19.2 Å². The first-order valence-electron chi connectivity index (χ1n) is 10.2. The number of hydrogen-bond donors (Lipinski definition) is 2. The number of benzene rings is 3. The molecule has 1 aliphatic carbocycles. The molecule has 0 atom stereocenters. The van der Waals surface area contributed by atoms with Gasteiger partial charge in [-0.25, -0.2) is 9.18 Å². The number of likely N-dealkylation sites (N-methyl/N-ethyl adjacent to an activating group) is 1. The smallest absolute Gasteiger partial charge is 0.411 e. The lowest BCUT2D eigenvalue weighted by Gasteiger charge is -2.18. The van der Waals surface area contributed by atoms with Crippen LogP contribution in [0.5, 0.6) is 0 Å². The third-order valence-electron chi connectivity index (χ3n) is 5.53. The summed E-state index contributed by atoms with van der Waals surface area (Å²) in [7, 11) is 1.28. The first-order chi connectivity index (χ1) is 15.9. The van der Waals surface area contributed by atoms with Crippen LogP contribution in [0, 0.1) is 5.82 Å². The summed E-state index contributed by atoms with van der Waals surface area (Å²) in [5.41, 5.74) is 3.67. The third kappa shape index (κ3) is 4.41. The lowest BCUT2D eigenvalue weighted by Crippen LogP contribution is -2.33. The van der Waals surface area contributed by atoms with Crippen LogP contribution in [0.1, 0.15) is 27.4 Å². The number of fused-ring (bicyclic) bond motifs is 3. The summed E-state index contributed by atoms with van der Waals surface area (Å²) < 4.78 is 19.9. The quantitative estimate of drug-likeness (QED) is 0.585. The Morgan fingerprint density at radius 1 is 0.970 bits per heavy atom. The fourth-order valence-electron chi connectivity index (χ4n) is 4.05. The van der Waals surface area contributed by atoms with Gasteiger partial charge in [-0.1, -0.05) is 54.6 Å². The molecule has 0 saturated heterocycles. The van der Waals surface area contributed by atoms with Crippen LogP contribution in [0.2, 0.25) is 0 Å². The van der Waals surface area contributed by atoms with E-state index >= 15 is 0 Å². The summed E-state index contributed by atoms with van der Waals surface area (Å²) in [6.45, 7) is -0.545. The molecule has 168 valence electrons.